The first-order chi connectivity index (χ1) is 15.9. The van der Waals surface area contributed by atoms with Gasteiger partial charge in [0, 0.05) is 18.4 Å². The van der Waals surface area contributed by atoms with Gasteiger partial charge in [-0.2, -0.15) is 0 Å². The van der Waals surface area contributed by atoms with Crippen LogP contribution in [0.15, 0.2) is 24.3 Å². The number of carbonyl (C=O) groups excluding carboxylic acids is 2. The molecule has 1 aliphatic carbocycles. The highest BCUT2D eigenvalue weighted by molar-refractivity contribution is 5.89. The Bertz CT molecular complexity index is 1140. The third kappa shape index (κ3) is 2.98. The van der Waals surface area contributed by atoms with Crippen LogP contribution in [0.1, 0.15) is 29.5 Å². The number of methoxy groups -OCH3 is 3. The van der Waals surface area contributed by atoms with Gasteiger partial charge in [-0.3, -0.25) is 4.79 Å². The molecule has 3 atom stereocenters. The molecule has 0 bridgehead atoms. The molecular weight excluding hydrogens is 432 g/mol. The molecule has 1 saturated heterocycles. The second-order valence-corrected chi connectivity index (χ2v) is 8.15. The van der Waals surface area contributed by atoms with E-state index in [1.54, 1.807) is 19.2 Å². The molecule has 0 N–H and O–H groups in total. The lowest BCUT2D eigenvalue weighted by Crippen LogP contribution is -2.53. The average Bonchev–Trinajstić information content (AvgIpc) is 3.39. The first-order valence-electron chi connectivity index (χ1n) is 10.5. The second kappa shape index (κ2) is 7.75. The fourth-order valence-corrected chi connectivity index (χ4v) is 5.27. The molecule has 1 fully saturated rings. The van der Waals surface area contributed by atoms with Gasteiger partial charge in [0.25, 0.3) is 0 Å². The lowest BCUT2D eigenvalue weighted by molar-refractivity contribution is -0.176. The summed E-state index contributed by atoms with van der Waals surface area (Å²) in [5, 5.41) is 0. The van der Waals surface area contributed by atoms with Crippen molar-refractivity contribution in [2.24, 2.45) is 5.92 Å². The minimum Gasteiger partial charge on any atom is -0.493 e. The summed E-state index contributed by atoms with van der Waals surface area (Å²) in [5.74, 6) is 0.115. The molecule has 33 heavy (non-hydrogen) atoms. The van der Waals surface area contributed by atoms with E-state index in [9.17, 15) is 9.59 Å². The summed E-state index contributed by atoms with van der Waals surface area (Å²) < 4.78 is 39.4. The number of fused-ring (bicyclic) bond motifs is 3. The third-order valence-corrected chi connectivity index (χ3v) is 6.52. The summed E-state index contributed by atoms with van der Waals surface area (Å²) in [6.07, 6.45) is 0.423. The molecular formula is C24H24O9. The first kappa shape index (κ1) is 21.2. The fourth-order valence-electron chi connectivity index (χ4n) is 5.27. The van der Waals surface area contributed by atoms with E-state index in [4.69, 9.17) is 33.2 Å². The number of carbonyl (C=O) groups is 2. The predicted molar refractivity (Wildman–Crippen MR) is 113 cm³/mol. The highest BCUT2D eigenvalue weighted by atomic mass is 16.7. The summed E-state index contributed by atoms with van der Waals surface area (Å²) in [5.41, 5.74) is 0.679. The molecule has 0 unspecified atom stereocenters. The molecule has 2 aromatic carbocycles. The van der Waals surface area contributed by atoms with Crippen molar-refractivity contribution in [1.29, 1.82) is 0 Å². The fraction of sp³-hybridized carbons (Fsp3) is 0.417. The molecule has 0 aromatic heterocycles. The van der Waals surface area contributed by atoms with Gasteiger partial charge < -0.3 is 33.2 Å². The maximum Gasteiger partial charge on any atom is 0.352 e. The number of esters is 2. The lowest BCUT2D eigenvalue weighted by Gasteiger charge is -2.43. The summed E-state index contributed by atoms with van der Waals surface area (Å²) >= 11 is 0. The Kier molecular flexibility index (Phi) is 4.99. The Morgan fingerprint density at radius 3 is 2.45 bits per heavy atom. The van der Waals surface area contributed by atoms with Crippen molar-refractivity contribution in [3.05, 3.63) is 41.0 Å². The van der Waals surface area contributed by atoms with Crippen molar-refractivity contribution in [3.8, 4) is 28.7 Å². The molecule has 174 valence electrons. The van der Waals surface area contributed by atoms with Gasteiger partial charge >= 0.3 is 11.9 Å². The van der Waals surface area contributed by atoms with Crippen LogP contribution in [0, 0.1) is 5.92 Å². The summed E-state index contributed by atoms with van der Waals surface area (Å²) in [6, 6.07) is 7.27. The molecule has 2 heterocycles. The van der Waals surface area contributed by atoms with E-state index in [0.29, 0.717) is 46.3 Å². The van der Waals surface area contributed by atoms with Crippen LogP contribution in [-0.4, -0.2) is 52.3 Å². The molecule has 5 rings (SSSR count). The Morgan fingerprint density at radius 2 is 1.76 bits per heavy atom. The molecule has 0 radical (unpaired) electrons. The van der Waals surface area contributed by atoms with Gasteiger partial charge in [-0.15, -0.1) is 0 Å². The molecule has 0 spiro atoms. The van der Waals surface area contributed by atoms with Crippen molar-refractivity contribution >= 4 is 11.9 Å². The van der Waals surface area contributed by atoms with Crippen LogP contribution >= 0.6 is 0 Å². The maximum absolute atomic E-state index is 13.3. The predicted octanol–water partition coefficient (Wildman–Crippen LogP) is 2.60. The van der Waals surface area contributed by atoms with Gasteiger partial charge in [0.1, 0.15) is 0 Å². The van der Waals surface area contributed by atoms with Gasteiger partial charge in [-0.05, 0) is 35.7 Å². The summed E-state index contributed by atoms with van der Waals surface area (Å²) in [7, 11) is 4.58. The van der Waals surface area contributed by atoms with E-state index in [0.717, 1.165) is 5.56 Å². The van der Waals surface area contributed by atoms with Gasteiger partial charge in [0.05, 0.1) is 33.9 Å². The van der Waals surface area contributed by atoms with Crippen molar-refractivity contribution in [2.75, 3.05) is 34.7 Å². The molecule has 9 heteroatoms. The zero-order valence-electron chi connectivity index (χ0n) is 18.8. The van der Waals surface area contributed by atoms with Crippen molar-refractivity contribution in [2.45, 2.75) is 24.9 Å². The number of benzene rings is 2. The number of rotatable bonds is 5. The SMILES string of the molecule is COc1cc2c(c(OC)c1OC)[C@@H](c1ccc3c(c1)OCO3)[C@@]1(OC(C)=O)C(=O)OC[C@@H]1C2. The molecule has 2 aliphatic heterocycles. The molecule has 3 aliphatic rings. The van der Waals surface area contributed by atoms with Crippen molar-refractivity contribution in [3.63, 3.8) is 0 Å². The zero-order valence-corrected chi connectivity index (χ0v) is 18.8. The first-order valence-corrected chi connectivity index (χ1v) is 10.5. The molecule has 0 amide bonds. The quantitative estimate of drug-likeness (QED) is 0.629. The third-order valence-electron chi connectivity index (χ3n) is 6.52. The number of hydrogen-bond acceptors (Lipinski definition) is 9. The maximum atomic E-state index is 13.3. The van der Waals surface area contributed by atoms with Crippen LogP contribution in [0.4, 0.5) is 0 Å². The van der Waals surface area contributed by atoms with E-state index in [1.165, 1.54) is 21.1 Å². The van der Waals surface area contributed by atoms with Crippen LogP contribution in [0.25, 0.3) is 0 Å². The Balaban J connectivity index is 1.83. The van der Waals surface area contributed by atoms with Gasteiger partial charge in [0.2, 0.25) is 18.1 Å². The van der Waals surface area contributed by atoms with Crippen LogP contribution in [0.2, 0.25) is 0 Å². The van der Waals surface area contributed by atoms with Gasteiger partial charge in [-0.25, -0.2) is 4.79 Å². The largest absolute Gasteiger partial charge is 0.493 e. The number of hydrogen-bond donors (Lipinski definition) is 0. The highest BCUT2D eigenvalue weighted by Crippen LogP contribution is 2.58. The van der Waals surface area contributed by atoms with E-state index in [1.807, 2.05) is 12.1 Å². The lowest BCUT2D eigenvalue weighted by atomic mass is 9.64. The standard InChI is InChI=1S/C24H24O9/c1-12(25)33-24-15(10-30-23(24)26)7-14-9-18(27-2)21(28-3)22(29-4)19(14)20(24)13-5-6-16-17(8-13)32-11-31-16/h5-6,8-9,15,20H,7,10-11H2,1-4H3/t15-,20+,24+/m0/s1. The molecule has 9 nitrogen and oxygen atoms in total. The zero-order chi connectivity index (χ0) is 23.3. The van der Waals surface area contributed by atoms with Crippen LogP contribution in [0.3, 0.4) is 0 Å². The smallest absolute Gasteiger partial charge is 0.352 e. The van der Waals surface area contributed by atoms with E-state index in [2.05, 4.69) is 0 Å². The Labute approximate surface area is 190 Å². The number of cyclic esters (lactones) is 1. The van der Waals surface area contributed by atoms with Crippen LogP contribution < -0.4 is 23.7 Å². The Morgan fingerprint density at radius 1 is 1.00 bits per heavy atom. The minimum absolute atomic E-state index is 0.105. The molecule has 0 saturated carbocycles. The normalized spacial score (nSPS) is 24.4. The average molecular weight is 456 g/mol. The monoisotopic (exact) mass is 456 g/mol. The summed E-state index contributed by atoms with van der Waals surface area (Å²) in [6.45, 7) is 1.52. The van der Waals surface area contributed by atoms with Gasteiger partial charge in [-0.1, -0.05) is 6.07 Å². The second-order valence-electron chi connectivity index (χ2n) is 8.15. The Hall–Kier alpha value is -3.62. The van der Waals surface area contributed by atoms with E-state index >= 15 is 0 Å². The van der Waals surface area contributed by atoms with Crippen LogP contribution in [-0.2, 0) is 25.5 Å². The van der Waals surface area contributed by atoms with E-state index in [-0.39, 0.29) is 13.4 Å². The van der Waals surface area contributed by atoms with E-state index < -0.39 is 29.4 Å². The number of ether oxygens (including phenoxy) is 7. The van der Waals surface area contributed by atoms with Crippen LogP contribution in [0.5, 0.6) is 28.7 Å². The van der Waals surface area contributed by atoms with Gasteiger partial charge in [0.15, 0.2) is 23.0 Å². The highest BCUT2D eigenvalue weighted by Gasteiger charge is 2.64. The summed E-state index contributed by atoms with van der Waals surface area (Å²) in [4.78, 5) is 25.6. The van der Waals surface area contributed by atoms with Crippen molar-refractivity contribution in [1.82, 2.24) is 0 Å². The minimum atomic E-state index is -1.57. The molecule has 2 aromatic rings. The topological polar surface area (TPSA) is 98.8 Å². The van der Waals surface area contributed by atoms with Crippen molar-refractivity contribution < 1.29 is 42.7 Å².